The summed E-state index contributed by atoms with van der Waals surface area (Å²) in [4.78, 5) is 0. The first-order valence-corrected chi connectivity index (χ1v) is 6.63. The molecule has 1 heterocycles. The Hall–Kier alpha value is -1.06. The molecule has 3 nitrogen and oxygen atoms in total. The van der Waals surface area contributed by atoms with Crippen molar-refractivity contribution in [2.24, 2.45) is 5.92 Å². The predicted octanol–water partition coefficient (Wildman–Crippen LogP) is 2.55. The lowest BCUT2D eigenvalue weighted by molar-refractivity contribution is 0.0341. The molecule has 3 heteroatoms. The van der Waals surface area contributed by atoms with Crippen molar-refractivity contribution >= 4 is 0 Å². The van der Waals surface area contributed by atoms with Gasteiger partial charge >= 0.3 is 0 Å². The van der Waals surface area contributed by atoms with E-state index in [1.165, 1.54) is 11.1 Å². The molecular weight excluding hydrogens is 226 g/mol. The van der Waals surface area contributed by atoms with Crippen molar-refractivity contribution in [2.75, 3.05) is 20.8 Å². The second-order valence-electron chi connectivity index (χ2n) is 5.14. The van der Waals surface area contributed by atoms with Gasteiger partial charge in [0.05, 0.1) is 18.8 Å². The minimum atomic E-state index is 0.144. The second-order valence-corrected chi connectivity index (χ2v) is 5.14. The summed E-state index contributed by atoms with van der Waals surface area (Å²) in [7, 11) is 3.76. The molecule has 0 bridgehead atoms. The van der Waals surface area contributed by atoms with Crippen LogP contribution in [-0.2, 0) is 11.2 Å². The van der Waals surface area contributed by atoms with E-state index in [4.69, 9.17) is 9.47 Å². The van der Waals surface area contributed by atoms with Crippen molar-refractivity contribution in [3.63, 3.8) is 0 Å². The van der Waals surface area contributed by atoms with Gasteiger partial charge in [0.15, 0.2) is 0 Å². The highest BCUT2D eigenvalue weighted by Gasteiger charge is 2.29. The van der Waals surface area contributed by atoms with Crippen LogP contribution in [0.25, 0.3) is 0 Å². The number of fused-ring (bicyclic) bond motifs is 1. The number of para-hydroxylation sites is 1. The van der Waals surface area contributed by atoms with Crippen LogP contribution in [0.2, 0.25) is 0 Å². The highest BCUT2D eigenvalue weighted by atomic mass is 16.5. The molecule has 1 aromatic rings. The summed E-state index contributed by atoms with van der Waals surface area (Å²) in [5.74, 6) is 1.50. The van der Waals surface area contributed by atoms with E-state index in [1.54, 1.807) is 7.11 Å². The third-order valence-corrected chi connectivity index (χ3v) is 3.65. The molecule has 0 amide bonds. The molecule has 1 N–H and O–H groups in total. The minimum absolute atomic E-state index is 0.144. The number of nitrogens with one attached hydrogen (secondary N) is 1. The summed E-state index contributed by atoms with van der Waals surface area (Å²) in [6.07, 6.45) is 1.16. The van der Waals surface area contributed by atoms with Crippen LogP contribution < -0.4 is 10.1 Å². The molecule has 100 valence electrons. The number of hydrogen-bond donors (Lipinski definition) is 1. The third kappa shape index (κ3) is 2.38. The Morgan fingerprint density at radius 1 is 1.33 bits per heavy atom. The smallest absolute Gasteiger partial charge is 0.127 e. The summed E-state index contributed by atoms with van der Waals surface area (Å²) in [5.41, 5.74) is 2.53. The van der Waals surface area contributed by atoms with E-state index in [0.717, 1.165) is 18.8 Å². The van der Waals surface area contributed by atoms with Gasteiger partial charge in [0, 0.05) is 19.1 Å². The molecule has 0 radical (unpaired) electrons. The monoisotopic (exact) mass is 249 g/mol. The average molecular weight is 249 g/mol. The molecule has 1 aromatic carbocycles. The molecule has 0 aromatic heterocycles. The van der Waals surface area contributed by atoms with Crippen LogP contribution in [0.1, 0.15) is 31.0 Å². The SMILES string of the molecule is CNC(c1cccc2c1OCC2)C(OC)C(C)C. The van der Waals surface area contributed by atoms with E-state index in [9.17, 15) is 0 Å². The molecule has 0 aliphatic carbocycles. The Balaban J connectivity index is 2.36. The summed E-state index contributed by atoms with van der Waals surface area (Å²) in [6.45, 7) is 5.16. The molecule has 1 aliphatic heterocycles. The lowest BCUT2D eigenvalue weighted by atomic mass is 9.92. The van der Waals surface area contributed by atoms with Crippen molar-refractivity contribution < 1.29 is 9.47 Å². The van der Waals surface area contributed by atoms with E-state index in [2.05, 4.69) is 37.4 Å². The van der Waals surface area contributed by atoms with E-state index >= 15 is 0 Å². The first-order valence-electron chi connectivity index (χ1n) is 6.63. The van der Waals surface area contributed by atoms with Crippen LogP contribution in [-0.4, -0.2) is 26.9 Å². The normalized spacial score (nSPS) is 17.4. The van der Waals surface area contributed by atoms with Gasteiger partial charge in [0.25, 0.3) is 0 Å². The molecular formula is C15H23NO2. The number of ether oxygens (including phenoxy) is 2. The number of methoxy groups -OCH3 is 1. The van der Waals surface area contributed by atoms with Crippen molar-refractivity contribution in [3.05, 3.63) is 29.3 Å². The van der Waals surface area contributed by atoms with Gasteiger partial charge in [0.2, 0.25) is 0 Å². The first kappa shape index (κ1) is 13.4. The zero-order valence-electron chi connectivity index (χ0n) is 11.7. The van der Waals surface area contributed by atoms with Gasteiger partial charge in [0.1, 0.15) is 5.75 Å². The Kier molecular flexibility index (Phi) is 4.25. The van der Waals surface area contributed by atoms with Crippen molar-refractivity contribution in [2.45, 2.75) is 32.4 Å². The van der Waals surface area contributed by atoms with Gasteiger partial charge in [-0.25, -0.2) is 0 Å². The van der Waals surface area contributed by atoms with Crippen molar-refractivity contribution in [3.8, 4) is 5.75 Å². The van der Waals surface area contributed by atoms with Crippen LogP contribution in [0.3, 0.4) is 0 Å². The van der Waals surface area contributed by atoms with Gasteiger partial charge in [-0.1, -0.05) is 32.0 Å². The van der Waals surface area contributed by atoms with Gasteiger partial charge in [-0.3, -0.25) is 0 Å². The fourth-order valence-corrected chi connectivity index (χ4v) is 2.78. The van der Waals surface area contributed by atoms with E-state index in [1.807, 2.05) is 7.05 Å². The van der Waals surface area contributed by atoms with Crippen molar-refractivity contribution in [1.82, 2.24) is 5.32 Å². The van der Waals surface area contributed by atoms with Gasteiger partial charge < -0.3 is 14.8 Å². The predicted molar refractivity (Wildman–Crippen MR) is 73.1 cm³/mol. The van der Waals surface area contributed by atoms with E-state index in [-0.39, 0.29) is 12.1 Å². The Labute approximate surface area is 109 Å². The zero-order chi connectivity index (χ0) is 13.1. The second kappa shape index (κ2) is 5.72. The number of benzene rings is 1. The zero-order valence-corrected chi connectivity index (χ0v) is 11.7. The Bertz CT molecular complexity index is 403. The molecule has 2 atom stereocenters. The molecule has 18 heavy (non-hydrogen) atoms. The van der Waals surface area contributed by atoms with Crippen LogP contribution >= 0.6 is 0 Å². The lowest BCUT2D eigenvalue weighted by Gasteiger charge is -2.30. The summed E-state index contributed by atoms with van der Waals surface area (Å²) in [6, 6.07) is 6.57. The Morgan fingerprint density at radius 2 is 2.11 bits per heavy atom. The standard InChI is InChI=1S/C15H23NO2/c1-10(2)14(17-4)13(16-3)12-7-5-6-11-8-9-18-15(11)12/h5-7,10,13-14,16H,8-9H2,1-4H3. The summed E-state index contributed by atoms with van der Waals surface area (Å²) >= 11 is 0. The van der Waals surface area contributed by atoms with Crippen LogP contribution in [0.4, 0.5) is 0 Å². The minimum Gasteiger partial charge on any atom is -0.493 e. The van der Waals surface area contributed by atoms with Crippen LogP contribution in [0, 0.1) is 5.92 Å². The largest absolute Gasteiger partial charge is 0.493 e. The molecule has 2 unspecified atom stereocenters. The van der Waals surface area contributed by atoms with Crippen LogP contribution in [0.5, 0.6) is 5.75 Å². The summed E-state index contributed by atoms with van der Waals surface area (Å²) in [5, 5.41) is 3.38. The highest BCUT2D eigenvalue weighted by Crippen LogP contribution is 2.36. The molecule has 0 saturated heterocycles. The summed E-state index contributed by atoms with van der Waals surface area (Å²) < 4.78 is 11.5. The maximum absolute atomic E-state index is 5.79. The van der Waals surface area contributed by atoms with Gasteiger partial charge in [-0.2, -0.15) is 0 Å². The van der Waals surface area contributed by atoms with E-state index < -0.39 is 0 Å². The van der Waals surface area contributed by atoms with Gasteiger partial charge in [-0.05, 0) is 18.5 Å². The number of hydrogen-bond acceptors (Lipinski definition) is 3. The molecule has 0 spiro atoms. The van der Waals surface area contributed by atoms with Crippen LogP contribution in [0.15, 0.2) is 18.2 Å². The number of rotatable bonds is 5. The fraction of sp³-hybridized carbons (Fsp3) is 0.600. The van der Waals surface area contributed by atoms with Gasteiger partial charge in [-0.15, -0.1) is 0 Å². The maximum atomic E-state index is 5.79. The molecule has 0 fully saturated rings. The third-order valence-electron chi connectivity index (χ3n) is 3.65. The van der Waals surface area contributed by atoms with Crippen molar-refractivity contribution in [1.29, 1.82) is 0 Å². The molecule has 0 saturated carbocycles. The lowest BCUT2D eigenvalue weighted by Crippen LogP contribution is -2.35. The average Bonchev–Trinajstić information content (AvgIpc) is 2.83. The first-order chi connectivity index (χ1) is 8.69. The van der Waals surface area contributed by atoms with E-state index in [0.29, 0.717) is 5.92 Å². The quantitative estimate of drug-likeness (QED) is 0.870. The molecule has 2 rings (SSSR count). The Morgan fingerprint density at radius 3 is 2.72 bits per heavy atom. The molecule has 1 aliphatic rings. The number of likely N-dealkylation sites (N-methyl/N-ethyl adjacent to an activating group) is 1. The fourth-order valence-electron chi connectivity index (χ4n) is 2.78. The highest BCUT2D eigenvalue weighted by molar-refractivity contribution is 5.46. The maximum Gasteiger partial charge on any atom is 0.127 e. The topological polar surface area (TPSA) is 30.5 Å².